The zero-order valence-electron chi connectivity index (χ0n) is 9.83. The number of carbonyl (C=O) groups excluding carboxylic acids is 1. The third-order valence-corrected chi connectivity index (χ3v) is 3.25. The summed E-state index contributed by atoms with van der Waals surface area (Å²) in [6.45, 7) is -2.08. The molecule has 1 amide bonds. The maximum Gasteiger partial charge on any atom is 0.287 e. The molecule has 18 heavy (non-hydrogen) atoms. The summed E-state index contributed by atoms with van der Waals surface area (Å²) in [7, 11) is 0. The van der Waals surface area contributed by atoms with Crippen LogP contribution >= 0.6 is 0 Å². The van der Waals surface area contributed by atoms with Gasteiger partial charge in [-0.15, -0.1) is 0 Å². The Labute approximate surface area is 104 Å². The standard InChI is InChI=1S/C13H15F2NO2/c14-13(15,9-17)8-16-11(18)12(6-7-12)10-4-2-1-3-5-10/h1-5,17H,6-9H2,(H,16,18). The fraction of sp³-hybridized carbons (Fsp3) is 0.462. The van der Waals surface area contributed by atoms with Crippen LogP contribution in [0.3, 0.4) is 0 Å². The second-order valence-corrected chi connectivity index (χ2v) is 4.64. The highest BCUT2D eigenvalue weighted by molar-refractivity contribution is 5.91. The van der Waals surface area contributed by atoms with Gasteiger partial charge in [0.15, 0.2) is 0 Å². The Morgan fingerprint density at radius 1 is 1.33 bits per heavy atom. The fourth-order valence-electron chi connectivity index (χ4n) is 1.96. The third-order valence-electron chi connectivity index (χ3n) is 3.25. The highest BCUT2D eigenvalue weighted by atomic mass is 19.3. The summed E-state index contributed by atoms with van der Waals surface area (Å²) in [6, 6.07) is 9.15. The van der Waals surface area contributed by atoms with Crippen molar-refractivity contribution >= 4 is 5.91 Å². The lowest BCUT2D eigenvalue weighted by Gasteiger charge is -2.19. The molecule has 1 aromatic rings. The topological polar surface area (TPSA) is 49.3 Å². The van der Waals surface area contributed by atoms with Gasteiger partial charge < -0.3 is 10.4 Å². The van der Waals surface area contributed by atoms with Crippen LogP contribution in [-0.4, -0.2) is 30.1 Å². The number of carbonyl (C=O) groups is 1. The number of rotatable bonds is 5. The number of alkyl halides is 2. The van der Waals surface area contributed by atoms with Gasteiger partial charge in [0.2, 0.25) is 5.91 Å². The van der Waals surface area contributed by atoms with Crippen molar-refractivity contribution in [2.45, 2.75) is 24.2 Å². The molecule has 1 fully saturated rings. The van der Waals surface area contributed by atoms with E-state index in [0.29, 0.717) is 12.8 Å². The number of hydrogen-bond donors (Lipinski definition) is 2. The summed E-state index contributed by atoms with van der Waals surface area (Å²) in [6.07, 6.45) is 1.35. The van der Waals surface area contributed by atoms with E-state index in [0.717, 1.165) is 5.56 Å². The second-order valence-electron chi connectivity index (χ2n) is 4.64. The van der Waals surface area contributed by atoms with Gasteiger partial charge in [-0.1, -0.05) is 30.3 Å². The lowest BCUT2D eigenvalue weighted by Crippen LogP contribution is -2.43. The molecule has 2 N–H and O–H groups in total. The number of aliphatic hydroxyl groups is 1. The largest absolute Gasteiger partial charge is 0.390 e. The summed E-state index contributed by atoms with van der Waals surface area (Å²) in [5.74, 6) is -3.65. The first-order valence-electron chi connectivity index (χ1n) is 5.83. The van der Waals surface area contributed by atoms with Crippen molar-refractivity contribution in [2.24, 2.45) is 0 Å². The fourth-order valence-corrected chi connectivity index (χ4v) is 1.96. The number of benzene rings is 1. The summed E-state index contributed by atoms with van der Waals surface area (Å²) in [5.41, 5.74) is 0.210. The SMILES string of the molecule is O=C(NCC(F)(F)CO)C1(c2ccccc2)CC1. The van der Waals surface area contributed by atoms with E-state index in [-0.39, 0.29) is 5.91 Å². The Kier molecular flexibility index (Phi) is 3.34. The summed E-state index contributed by atoms with van der Waals surface area (Å²) in [4.78, 5) is 12.0. The zero-order chi connectivity index (χ0) is 13.2. The molecule has 0 unspecified atom stereocenters. The molecule has 2 rings (SSSR count). The van der Waals surface area contributed by atoms with E-state index < -0.39 is 24.5 Å². The molecular weight excluding hydrogens is 240 g/mol. The first-order chi connectivity index (χ1) is 8.50. The van der Waals surface area contributed by atoms with E-state index in [1.54, 1.807) is 0 Å². The molecule has 0 heterocycles. The molecule has 5 heteroatoms. The Hall–Kier alpha value is -1.49. The molecule has 3 nitrogen and oxygen atoms in total. The molecule has 0 aromatic heterocycles. The van der Waals surface area contributed by atoms with E-state index in [4.69, 9.17) is 5.11 Å². The smallest absolute Gasteiger partial charge is 0.287 e. The van der Waals surface area contributed by atoms with Crippen molar-refractivity contribution in [1.82, 2.24) is 5.32 Å². The van der Waals surface area contributed by atoms with Crippen LogP contribution in [0.1, 0.15) is 18.4 Å². The van der Waals surface area contributed by atoms with Crippen LogP contribution in [-0.2, 0) is 10.2 Å². The Morgan fingerprint density at radius 3 is 2.44 bits per heavy atom. The second kappa shape index (κ2) is 4.65. The van der Waals surface area contributed by atoms with Crippen molar-refractivity contribution in [2.75, 3.05) is 13.2 Å². The summed E-state index contributed by atoms with van der Waals surface area (Å²) >= 11 is 0. The van der Waals surface area contributed by atoms with Gasteiger partial charge in [-0.2, -0.15) is 0 Å². The molecule has 1 saturated carbocycles. The van der Waals surface area contributed by atoms with Crippen molar-refractivity contribution in [1.29, 1.82) is 0 Å². The lowest BCUT2D eigenvalue weighted by molar-refractivity contribution is -0.126. The minimum Gasteiger partial charge on any atom is -0.390 e. The van der Waals surface area contributed by atoms with Gasteiger partial charge in [-0.05, 0) is 18.4 Å². The quantitative estimate of drug-likeness (QED) is 0.837. The molecule has 0 saturated heterocycles. The minimum absolute atomic E-state index is 0.387. The van der Waals surface area contributed by atoms with E-state index in [2.05, 4.69) is 5.32 Å². The van der Waals surface area contributed by atoms with Gasteiger partial charge in [-0.3, -0.25) is 4.79 Å². The maximum absolute atomic E-state index is 12.9. The highest BCUT2D eigenvalue weighted by Crippen LogP contribution is 2.48. The minimum atomic E-state index is -3.26. The van der Waals surface area contributed by atoms with Crippen molar-refractivity contribution in [3.05, 3.63) is 35.9 Å². The van der Waals surface area contributed by atoms with Gasteiger partial charge in [0.05, 0.1) is 12.0 Å². The molecule has 1 aliphatic carbocycles. The number of aliphatic hydroxyl groups excluding tert-OH is 1. The number of nitrogens with one attached hydrogen (secondary N) is 1. The predicted octanol–water partition coefficient (Wildman–Crippen LogP) is 1.46. The van der Waals surface area contributed by atoms with Crippen LogP contribution in [0.5, 0.6) is 0 Å². The molecule has 0 bridgehead atoms. The predicted molar refractivity (Wildman–Crippen MR) is 62.4 cm³/mol. The average Bonchev–Trinajstić information content (AvgIpc) is 3.19. The monoisotopic (exact) mass is 255 g/mol. The number of amides is 1. The Bertz CT molecular complexity index is 430. The van der Waals surface area contributed by atoms with Gasteiger partial charge in [0.1, 0.15) is 6.61 Å². The summed E-state index contributed by atoms with van der Waals surface area (Å²) in [5, 5.41) is 10.7. The van der Waals surface area contributed by atoms with Crippen LogP contribution in [0.2, 0.25) is 0 Å². The van der Waals surface area contributed by atoms with Crippen molar-refractivity contribution < 1.29 is 18.7 Å². The van der Waals surface area contributed by atoms with E-state index in [9.17, 15) is 13.6 Å². The normalized spacial score (nSPS) is 17.3. The number of halogens is 2. The van der Waals surface area contributed by atoms with E-state index in [1.807, 2.05) is 30.3 Å². The van der Waals surface area contributed by atoms with Gasteiger partial charge in [0, 0.05) is 0 Å². The molecule has 98 valence electrons. The molecular formula is C13H15F2NO2. The van der Waals surface area contributed by atoms with E-state index >= 15 is 0 Å². The zero-order valence-corrected chi connectivity index (χ0v) is 9.83. The molecule has 1 aromatic carbocycles. The molecule has 0 aliphatic heterocycles. The van der Waals surface area contributed by atoms with Gasteiger partial charge in [0.25, 0.3) is 5.92 Å². The van der Waals surface area contributed by atoms with Crippen molar-refractivity contribution in [3.63, 3.8) is 0 Å². The van der Waals surface area contributed by atoms with Crippen LogP contribution < -0.4 is 5.32 Å². The summed E-state index contributed by atoms with van der Waals surface area (Å²) < 4.78 is 25.7. The molecule has 0 spiro atoms. The van der Waals surface area contributed by atoms with Crippen molar-refractivity contribution in [3.8, 4) is 0 Å². The van der Waals surface area contributed by atoms with Crippen LogP contribution in [0.15, 0.2) is 30.3 Å². The molecule has 1 aliphatic rings. The first kappa shape index (κ1) is 13.0. The van der Waals surface area contributed by atoms with Crippen LogP contribution in [0.4, 0.5) is 8.78 Å². The first-order valence-corrected chi connectivity index (χ1v) is 5.83. The van der Waals surface area contributed by atoms with Gasteiger partial charge >= 0.3 is 0 Å². The van der Waals surface area contributed by atoms with Gasteiger partial charge in [-0.25, -0.2) is 8.78 Å². The third kappa shape index (κ3) is 2.51. The average molecular weight is 255 g/mol. The Morgan fingerprint density at radius 2 is 1.94 bits per heavy atom. The Balaban J connectivity index is 2.02. The van der Waals surface area contributed by atoms with Crippen LogP contribution in [0.25, 0.3) is 0 Å². The maximum atomic E-state index is 12.9. The molecule has 0 atom stereocenters. The van der Waals surface area contributed by atoms with Crippen LogP contribution in [0, 0.1) is 0 Å². The lowest BCUT2D eigenvalue weighted by atomic mass is 9.95. The molecule has 0 radical (unpaired) electrons. The number of hydrogen-bond acceptors (Lipinski definition) is 2. The highest BCUT2D eigenvalue weighted by Gasteiger charge is 2.51. The van der Waals surface area contributed by atoms with E-state index in [1.165, 1.54) is 0 Å².